The second-order valence-corrected chi connectivity index (χ2v) is 6.17. The normalized spacial score (nSPS) is 16.2. The Balaban J connectivity index is 2.01. The maximum absolute atomic E-state index is 9.29. The Kier molecular flexibility index (Phi) is 4.09. The molecular weight excluding hydrogens is 292 g/mol. The third kappa shape index (κ3) is 2.46. The highest BCUT2D eigenvalue weighted by atomic mass is 35.5. The van der Waals surface area contributed by atoms with Crippen molar-refractivity contribution in [1.82, 2.24) is 0 Å². The first kappa shape index (κ1) is 14.9. The van der Waals surface area contributed by atoms with E-state index in [0.29, 0.717) is 6.04 Å². The Morgan fingerprint density at radius 1 is 1.32 bits per heavy atom. The first-order valence-electron chi connectivity index (χ1n) is 7.70. The molecule has 2 aromatic rings. The number of nitriles is 1. The van der Waals surface area contributed by atoms with Gasteiger partial charge in [0.15, 0.2) is 0 Å². The standard InChI is InChI=1S/C19H19ClN2/c1-3-22(15-7-9-18(20)13(2)11-15)19-10-8-16-14(12-21)5-4-6-17(16)19/h4-7,9,11,19H,3,8,10H2,1-2H3. The smallest absolute Gasteiger partial charge is 0.0994 e. The summed E-state index contributed by atoms with van der Waals surface area (Å²) in [4.78, 5) is 2.41. The van der Waals surface area contributed by atoms with Gasteiger partial charge in [-0.2, -0.15) is 5.26 Å². The molecule has 0 aromatic heterocycles. The van der Waals surface area contributed by atoms with E-state index in [1.54, 1.807) is 0 Å². The first-order valence-corrected chi connectivity index (χ1v) is 8.08. The second-order valence-electron chi connectivity index (χ2n) is 5.76. The molecule has 0 aliphatic heterocycles. The number of halogens is 1. The molecule has 1 aliphatic carbocycles. The van der Waals surface area contributed by atoms with Gasteiger partial charge in [0.1, 0.15) is 0 Å². The molecule has 1 atom stereocenters. The quantitative estimate of drug-likeness (QED) is 0.794. The Bertz CT molecular complexity index is 746. The fraction of sp³-hybridized carbons (Fsp3) is 0.316. The molecule has 0 N–H and O–H groups in total. The van der Waals surface area contributed by atoms with Gasteiger partial charge in [-0.1, -0.05) is 23.7 Å². The average molecular weight is 311 g/mol. The van der Waals surface area contributed by atoms with Gasteiger partial charge in [0.05, 0.1) is 17.7 Å². The molecule has 2 nitrogen and oxygen atoms in total. The molecule has 1 unspecified atom stereocenters. The van der Waals surface area contributed by atoms with Crippen LogP contribution in [0.15, 0.2) is 36.4 Å². The van der Waals surface area contributed by atoms with Crippen LogP contribution in [0, 0.1) is 18.3 Å². The van der Waals surface area contributed by atoms with Crippen molar-refractivity contribution in [3.8, 4) is 6.07 Å². The zero-order valence-electron chi connectivity index (χ0n) is 12.9. The predicted molar refractivity (Wildman–Crippen MR) is 91.4 cm³/mol. The molecule has 0 fully saturated rings. The highest BCUT2D eigenvalue weighted by molar-refractivity contribution is 6.31. The van der Waals surface area contributed by atoms with Crippen LogP contribution in [0.3, 0.4) is 0 Å². The van der Waals surface area contributed by atoms with E-state index in [2.05, 4.69) is 36.1 Å². The van der Waals surface area contributed by atoms with Gasteiger partial charge in [-0.3, -0.25) is 0 Å². The van der Waals surface area contributed by atoms with Crippen LogP contribution in [-0.2, 0) is 6.42 Å². The number of anilines is 1. The minimum absolute atomic E-state index is 0.342. The molecule has 3 rings (SSSR count). The maximum Gasteiger partial charge on any atom is 0.0994 e. The number of benzene rings is 2. The number of hydrogen-bond acceptors (Lipinski definition) is 2. The van der Waals surface area contributed by atoms with E-state index in [1.807, 2.05) is 25.1 Å². The van der Waals surface area contributed by atoms with Crippen LogP contribution in [0.25, 0.3) is 0 Å². The van der Waals surface area contributed by atoms with Gasteiger partial charge < -0.3 is 4.90 Å². The van der Waals surface area contributed by atoms with Crippen molar-refractivity contribution in [2.45, 2.75) is 32.7 Å². The molecule has 0 amide bonds. The number of fused-ring (bicyclic) bond motifs is 1. The van der Waals surface area contributed by atoms with E-state index in [1.165, 1.54) is 16.8 Å². The zero-order chi connectivity index (χ0) is 15.7. The number of hydrogen-bond donors (Lipinski definition) is 0. The minimum atomic E-state index is 0.342. The summed E-state index contributed by atoms with van der Waals surface area (Å²) in [7, 11) is 0. The molecule has 0 spiro atoms. The van der Waals surface area contributed by atoms with Crippen molar-refractivity contribution in [3.63, 3.8) is 0 Å². The molecule has 0 radical (unpaired) electrons. The number of rotatable bonds is 3. The van der Waals surface area contributed by atoms with Crippen molar-refractivity contribution in [2.75, 3.05) is 11.4 Å². The molecule has 1 aliphatic rings. The molecule has 0 bridgehead atoms. The topological polar surface area (TPSA) is 27.0 Å². The highest BCUT2D eigenvalue weighted by Crippen LogP contribution is 2.40. The third-order valence-corrected chi connectivity index (χ3v) is 4.97. The van der Waals surface area contributed by atoms with Gasteiger partial charge in [0.25, 0.3) is 0 Å². The first-order chi connectivity index (χ1) is 10.7. The highest BCUT2D eigenvalue weighted by Gasteiger charge is 2.29. The van der Waals surface area contributed by atoms with Gasteiger partial charge in [0, 0.05) is 17.3 Å². The van der Waals surface area contributed by atoms with Crippen LogP contribution in [0.5, 0.6) is 0 Å². The Hall–Kier alpha value is -1.98. The van der Waals surface area contributed by atoms with E-state index in [4.69, 9.17) is 11.6 Å². The largest absolute Gasteiger partial charge is 0.365 e. The van der Waals surface area contributed by atoms with E-state index >= 15 is 0 Å². The van der Waals surface area contributed by atoms with Crippen molar-refractivity contribution in [3.05, 3.63) is 63.7 Å². The van der Waals surface area contributed by atoms with Gasteiger partial charge in [0.2, 0.25) is 0 Å². The Morgan fingerprint density at radius 3 is 2.82 bits per heavy atom. The second kappa shape index (κ2) is 6.02. The molecule has 0 saturated carbocycles. The van der Waals surface area contributed by atoms with E-state index in [-0.39, 0.29) is 0 Å². The summed E-state index contributed by atoms with van der Waals surface area (Å²) in [6, 6.07) is 15.0. The summed E-state index contributed by atoms with van der Waals surface area (Å²) < 4.78 is 0. The molecule has 112 valence electrons. The van der Waals surface area contributed by atoms with Crippen molar-refractivity contribution in [1.29, 1.82) is 5.26 Å². The Labute approximate surface area is 136 Å². The molecule has 2 aromatic carbocycles. The summed E-state index contributed by atoms with van der Waals surface area (Å²) in [6.45, 7) is 5.15. The lowest BCUT2D eigenvalue weighted by atomic mass is 10.0. The summed E-state index contributed by atoms with van der Waals surface area (Å²) >= 11 is 6.15. The predicted octanol–water partition coefficient (Wildman–Crippen LogP) is 5.03. The lowest BCUT2D eigenvalue weighted by Crippen LogP contribution is -2.27. The molecule has 0 saturated heterocycles. The Morgan fingerprint density at radius 2 is 2.14 bits per heavy atom. The summed E-state index contributed by atoms with van der Waals surface area (Å²) in [5.74, 6) is 0. The lowest BCUT2D eigenvalue weighted by molar-refractivity contribution is 0.628. The van der Waals surface area contributed by atoms with Crippen LogP contribution in [0.1, 0.15) is 41.6 Å². The summed E-state index contributed by atoms with van der Waals surface area (Å²) in [5.41, 5.74) is 5.64. The zero-order valence-corrected chi connectivity index (χ0v) is 13.7. The van der Waals surface area contributed by atoms with Gasteiger partial charge in [-0.05, 0) is 67.6 Å². The van der Waals surface area contributed by atoms with Crippen LogP contribution >= 0.6 is 11.6 Å². The lowest BCUT2D eigenvalue weighted by Gasteiger charge is -2.31. The maximum atomic E-state index is 9.29. The molecule has 3 heteroatoms. The van der Waals surface area contributed by atoms with Crippen LogP contribution in [0.4, 0.5) is 5.69 Å². The SMILES string of the molecule is CCN(c1ccc(Cl)c(C)c1)C1CCc2c(C#N)cccc21. The molecule has 0 heterocycles. The fourth-order valence-electron chi connectivity index (χ4n) is 3.45. The molecular formula is C19H19ClN2. The van der Waals surface area contributed by atoms with Gasteiger partial charge >= 0.3 is 0 Å². The summed E-state index contributed by atoms with van der Waals surface area (Å²) in [5, 5.41) is 10.1. The van der Waals surface area contributed by atoms with Crippen LogP contribution in [0.2, 0.25) is 5.02 Å². The van der Waals surface area contributed by atoms with E-state index in [0.717, 1.165) is 35.5 Å². The third-order valence-electron chi connectivity index (χ3n) is 4.55. The van der Waals surface area contributed by atoms with Gasteiger partial charge in [-0.25, -0.2) is 0 Å². The average Bonchev–Trinajstić information content (AvgIpc) is 2.95. The van der Waals surface area contributed by atoms with Crippen molar-refractivity contribution >= 4 is 17.3 Å². The van der Waals surface area contributed by atoms with Gasteiger partial charge in [-0.15, -0.1) is 0 Å². The minimum Gasteiger partial charge on any atom is -0.365 e. The van der Waals surface area contributed by atoms with Crippen LogP contribution < -0.4 is 4.90 Å². The van der Waals surface area contributed by atoms with E-state index < -0.39 is 0 Å². The van der Waals surface area contributed by atoms with Crippen LogP contribution in [-0.4, -0.2) is 6.54 Å². The van der Waals surface area contributed by atoms with E-state index in [9.17, 15) is 5.26 Å². The molecule has 22 heavy (non-hydrogen) atoms. The number of aryl methyl sites for hydroxylation is 1. The number of nitrogens with zero attached hydrogens (tertiary/aromatic N) is 2. The monoisotopic (exact) mass is 310 g/mol. The summed E-state index contributed by atoms with van der Waals surface area (Å²) in [6.07, 6.45) is 2.04. The fourth-order valence-corrected chi connectivity index (χ4v) is 3.57. The van der Waals surface area contributed by atoms with Crippen molar-refractivity contribution in [2.24, 2.45) is 0 Å². The van der Waals surface area contributed by atoms with Crippen molar-refractivity contribution < 1.29 is 0 Å².